The minimum atomic E-state index is -3.58. The third-order valence-corrected chi connectivity index (χ3v) is 5.67. The van der Waals surface area contributed by atoms with E-state index in [2.05, 4.69) is 20.2 Å². The van der Waals surface area contributed by atoms with E-state index in [0.29, 0.717) is 18.9 Å². The number of hydrogen-bond acceptors (Lipinski definition) is 6. The smallest absolute Gasteiger partial charge is 0.246 e. The third kappa shape index (κ3) is 3.26. The summed E-state index contributed by atoms with van der Waals surface area (Å²) < 4.78 is 27.0. The topological polar surface area (TPSA) is 95.1 Å². The fourth-order valence-corrected chi connectivity index (χ4v) is 4.35. The van der Waals surface area contributed by atoms with Gasteiger partial charge < -0.3 is 4.90 Å². The number of H-pyrrole nitrogens is 1. The quantitative estimate of drug-likeness (QED) is 0.867. The summed E-state index contributed by atoms with van der Waals surface area (Å²) in [4.78, 5) is 11.1. The fourth-order valence-electron chi connectivity index (χ4n) is 2.79. The van der Waals surface area contributed by atoms with Crippen LogP contribution in [0.15, 0.2) is 29.6 Å². The largest absolute Gasteiger partial charge is 0.304 e. The molecule has 0 unspecified atom stereocenters. The number of nitrogens with zero attached hydrogens (tertiary/aromatic N) is 5. The highest BCUT2D eigenvalue weighted by molar-refractivity contribution is 7.89. The Kier molecular flexibility index (Phi) is 4.42. The summed E-state index contributed by atoms with van der Waals surface area (Å²) in [6.07, 6.45) is 5.94. The van der Waals surface area contributed by atoms with E-state index >= 15 is 0 Å². The van der Waals surface area contributed by atoms with Crippen LogP contribution >= 0.6 is 0 Å². The van der Waals surface area contributed by atoms with Gasteiger partial charge in [-0.15, -0.1) is 0 Å². The van der Waals surface area contributed by atoms with Gasteiger partial charge in [0.05, 0.1) is 17.9 Å². The zero-order valence-corrected chi connectivity index (χ0v) is 14.0. The molecule has 0 saturated carbocycles. The van der Waals surface area contributed by atoms with Crippen molar-refractivity contribution in [2.45, 2.75) is 30.3 Å². The number of sulfonamides is 1. The average Bonchev–Trinajstić information content (AvgIpc) is 3.19. The minimum Gasteiger partial charge on any atom is -0.304 e. The Morgan fingerprint density at radius 2 is 2.26 bits per heavy atom. The van der Waals surface area contributed by atoms with Gasteiger partial charge in [-0.1, -0.05) is 0 Å². The molecule has 1 aliphatic rings. The third-order valence-electron chi connectivity index (χ3n) is 3.79. The second-order valence-electron chi connectivity index (χ2n) is 5.85. The fraction of sp³-hybridized carbons (Fsp3) is 0.500. The first kappa shape index (κ1) is 16.0. The van der Waals surface area contributed by atoms with Crippen molar-refractivity contribution in [1.82, 2.24) is 29.4 Å². The van der Waals surface area contributed by atoms with Gasteiger partial charge in [0.2, 0.25) is 10.0 Å². The first-order chi connectivity index (χ1) is 11.0. The maximum atomic E-state index is 12.7. The Labute approximate surface area is 135 Å². The van der Waals surface area contributed by atoms with Gasteiger partial charge in [0, 0.05) is 25.5 Å². The van der Waals surface area contributed by atoms with Crippen LogP contribution in [0.25, 0.3) is 0 Å². The van der Waals surface area contributed by atoms with Crippen molar-refractivity contribution in [2.24, 2.45) is 0 Å². The first-order valence-corrected chi connectivity index (χ1v) is 8.89. The van der Waals surface area contributed by atoms with Gasteiger partial charge in [0.1, 0.15) is 10.7 Å². The molecule has 1 N–H and O–H groups in total. The summed E-state index contributed by atoms with van der Waals surface area (Å²) in [5, 5.41) is 6.29. The van der Waals surface area contributed by atoms with Crippen LogP contribution in [0.5, 0.6) is 0 Å². The van der Waals surface area contributed by atoms with Gasteiger partial charge in [0.15, 0.2) is 0 Å². The molecule has 1 saturated heterocycles. The highest BCUT2D eigenvalue weighted by Crippen LogP contribution is 2.34. The zero-order chi connectivity index (χ0) is 16.4. The molecule has 2 aromatic heterocycles. The number of nitrogens with one attached hydrogen (secondary N) is 1. The van der Waals surface area contributed by atoms with Gasteiger partial charge in [-0.05, 0) is 33.0 Å². The Hall–Kier alpha value is -1.84. The Balaban J connectivity index is 1.90. The SMILES string of the molecule is CN(C)Cc1ccnc([C@H]2CCCN2S(=O)(=O)c2cn[nH]c2)n1. The van der Waals surface area contributed by atoms with Crippen molar-refractivity contribution in [3.8, 4) is 0 Å². The molecular formula is C14H20N6O2S. The van der Waals surface area contributed by atoms with Crippen molar-refractivity contribution in [1.29, 1.82) is 0 Å². The van der Waals surface area contributed by atoms with Crippen LogP contribution in [0.3, 0.4) is 0 Å². The molecule has 8 nitrogen and oxygen atoms in total. The second kappa shape index (κ2) is 6.34. The van der Waals surface area contributed by atoms with Crippen LogP contribution in [0.1, 0.15) is 30.4 Å². The molecule has 1 atom stereocenters. The summed E-state index contributed by atoms with van der Waals surface area (Å²) >= 11 is 0. The molecule has 0 radical (unpaired) electrons. The van der Waals surface area contributed by atoms with E-state index in [0.717, 1.165) is 18.5 Å². The molecule has 0 amide bonds. The molecule has 0 aromatic carbocycles. The van der Waals surface area contributed by atoms with Gasteiger partial charge >= 0.3 is 0 Å². The van der Waals surface area contributed by atoms with Crippen LogP contribution < -0.4 is 0 Å². The van der Waals surface area contributed by atoms with E-state index in [9.17, 15) is 8.42 Å². The molecule has 3 rings (SSSR count). The van der Waals surface area contributed by atoms with Crippen LogP contribution in [0.4, 0.5) is 0 Å². The van der Waals surface area contributed by atoms with E-state index in [-0.39, 0.29) is 10.9 Å². The van der Waals surface area contributed by atoms with Gasteiger partial charge in [0.25, 0.3) is 0 Å². The van der Waals surface area contributed by atoms with Crippen LogP contribution in [0.2, 0.25) is 0 Å². The standard InChI is InChI=1S/C14H20N6O2S/c1-19(2)10-11-5-6-15-14(18-11)13-4-3-7-20(13)23(21,22)12-8-16-17-9-12/h5-6,8-9,13H,3-4,7,10H2,1-2H3,(H,16,17)/t13-/m1/s1. The second-order valence-corrected chi connectivity index (χ2v) is 7.74. The monoisotopic (exact) mass is 336 g/mol. The lowest BCUT2D eigenvalue weighted by atomic mass is 10.2. The summed E-state index contributed by atoms with van der Waals surface area (Å²) in [5.74, 6) is 0.564. The molecule has 9 heteroatoms. The molecule has 124 valence electrons. The van der Waals surface area contributed by atoms with Gasteiger partial charge in [-0.2, -0.15) is 9.40 Å². The number of hydrogen-bond donors (Lipinski definition) is 1. The van der Waals surface area contributed by atoms with Crippen LogP contribution in [-0.4, -0.2) is 58.4 Å². The maximum Gasteiger partial charge on any atom is 0.246 e. The van der Waals surface area contributed by atoms with E-state index in [4.69, 9.17) is 0 Å². The van der Waals surface area contributed by atoms with Crippen molar-refractivity contribution in [3.05, 3.63) is 36.2 Å². The zero-order valence-electron chi connectivity index (χ0n) is 13.2. The molecule has 2 aromatic rings. The van der Waals surface area contributed by atoms with E-state index < -0.39 is 10.0 Å². The summed E-state index contributed by atoms with van der Waals surface area (Å²) in [6.45, 7) is 1.16. The lowest BCUT2D eigenvalue weighted by Gasteiger charge is -2.22. The minimum absolute atomic E-state index is 0.175. The first-order valence-electron chi connectivity index (χ1n) is 7.45. The Morgan fingerprint density at radius 1 is 1.43 bits per heavy atom. The lowest BCUT2D eigenvalue weighted by Crippen LogP contribution is -2.31. The normalized spacial score (nSPS) is 19.5. The summed E-state index contributed by atoms with van der Waals surface area (Å²) in [6, 6.07) is 1.53. The average molecular weight is 336 g/mol. The Morgan fingerprint density at radius 3 is 2.96 bits per heavy atom. The van der Waals surface area contributed by atoms with E-state index in [1.54, 1.807) is 6.20 Å². The molecule has 1 fully saturated rings. The maximum absolute atomic E-state index is 12.7. The van der Waals surface area contributed by atoms with Gasteiger partial charge in [-0.3, -0.25) is 5.10 Å². The van der Waals surface area contributed by atoms with Gasteiger partial charge in [-0.25, -0.2) is 18.4 Å². The van der Waals surface area contributed by atoms with Crippen molar-refractivity contribution >= 4 is 10.0 Å². The van der Waals surface area contributed by atoms with Crippen molar-refractivity contribution < 1.29 is 8.42 Å². The molecular weight excluding hydrogens is 316 g/mol. The summed E-state index contributed by atoms with van der Waals surface area (Å²) in [5.41, 5.74) is 0.882. The Bertz CT molecular complexity index is 759. The molecule has 0 spiro atoms. The summed E-state index contributed by atoms with van der Waals surface area (Å²) in [7, 11) is 0.351. The highest BCUT2D eigenvalue weighted by atomic mass is 32.2. The highest BCUT2D eigenvalue weighted by Gasteiger charge is 2.38. The number of rotatable bonds is 5. The predicted molar refractivity (Wildman–Crippen MR) is 83.9 cm³/mol. The van der Waals surface area contributed by atoms with E-state index in [1.807, 2.05) is 25.1 Å². The van der Waals surface area contributed by atoms with Crippen molar-refractivity contribution in [2.75, 3.05) is 20.6 Å². The number of aromatic amines is 1. The van der Waals surface area contributed by atoms with Crippen LogP contribution in [0, 0.1) is 0 Å². The molecule has 0 bridgehead atoms. The molecule has 3 heterocycles. The molecule has 23 heavy (non-hydrogen) atoms. The molecule has 0 aliphatic carbocycles. The number of aromatic nitrogens is 4. The molecule has 1 aliphatic heterocycles. The van der Waals surface area contributed by atoms with Crippen LogP contribution in [-0.2, 0) is 16.6 Å². The van der Waals surface area contributed by atoms with E-state index in [1.165, 1.54) is 16.7 Å². The lowest BCUT2D eigenvalue weighted by molar-refractivity contribution is 0.373. The van der Waals surface area contributed by atoms with Crippen molar-refractivity contribution in [3.63, 3.8) is 0 Å². The predicted octanol–water partition coefficient (Wildman–Crippen LogP) is 0.787.